The number of rotatable bonds is 6. The molecule has 0 bridgehead atoms. The molecule has 166 valence electrons. The molecule has 33 heavy (non-hydrogen) atoms. The maximum atomic E-state index is 12.8. The molecule has 0 unspecified atom stereocenters. The highest BCUT2D eigenvalue weighted by molar-refractivity contribution is 7.91. The van der Waals surface area contributed by atoms with Crippen LogP contribution in [0.4, 0.5) is 5.95 Å². The molecule has 0 radical (unpaired) electrons. The summed E-state index contributed by atoms with van der Waals surface area (Å²) in [6, 6.07) is 25.5. The Labute approximate surface area is 197 Å². The molecule has 0 saturated heterocycles. The molecule has 0 saturated carbocycles. The second-order valence-electron chi connectivity index (χ2n) is 7.18. The molecule has 9 heteroatoms. The third kappa shape index (κ3) is 4.72. The van der Waals surface area contributed by atoms with E-state index in [1.165, 1.54) is 10.7 Å². The van der Waals surface area contributed by atoms with Gasteiger partial charge >= 0.3 is 0 Å². The number of nitrogens with one attached hydrogen (secondary N) is 1. The summed E-state index contributed by atoms with van der Waals surface area (Å²) in [7, 11) is -3.62. The first-order valence-corrected chi connectivity index (χ1v) is 11.5. The van der Waals surface area contributed by atoms with Crippen LogP contribution < -0.4 is 5.32 Å². The van der Waals surface area contributed by atoms with Crippen LogP contribution in [0.5, 0.6) is 0 Å². The highest BCUT2D eigenvalue weighted by Crippen LogP contribution is 2.21. The van der Waals surface area contributed by atoms with E-state index in [0.717, 1.165) is 16.8 Å². The van der Waals surface area contributed by atoms with Gasteiger partial charge in [-0.25, -0.2) is 12.9 Å². The standard InChI is InChI=1S/C24H19N5O2S.ClH/c30-32(31,20-6-2-1-3-7-20)21-13-14-23-27-24(28-29(23)17-21)26-16-18-9-11-19(12-10-18)22-8-4-5-15-25-22;/h1-15,17H,16H2,(H,26,28);1H. The van der Waals surface area contributed by atoms with Gasteiger partial charge in [0, 0.05) is 18.3 Å². The SMILES string of the molecule is Cl.O=S(=O)(c1ccccc1)c1ccc2nc(NCc3ccc(-c4ccccn4)cc3)nn2c1. The molecule has 3 heterocycles. The number of anilines is 1. The lowest BCUT2D eigenvalue weighted by atomic mass is 10.1. The third-order valence-electron chi connectivity index (χ3n) is 5.03. The van der Waals surface area contributed by atoms with Crippen LogP contribution in [0.2, 0.25) is 0 Å². The van der Waals surface area contributed by atoms with E-state index in [1.807, 2.05) is 42.5 Å². The lowest BCUT2D eigenvalue weighted by Crippen LogP contribution is -2.04. The van der Waals surface area contributed by atoms with E-state index in [2.05, 4.69) is 20.4 Å². The van der Waals surface area contributed by atoms with Crippen molar-refractivity contribution < 1.29 is 8.42 Å². The smallest absolute Gasteiger partial charge is 0.243 e. The predicted octanol–water partition coefficient (Wildman–Crippen LogP) is 4.66. The summed E-state index contributed by atoms with van der Waals surface area (Å²) in [5.41, 5.74) is 3.60. The number of hydrogen-bond donors (Lipinski definition) is 1. The van der Waals surface area contributed by atoms with Gasteiger partial charge in [0.2, 0.25) is 15.8 Å². The lowest BCUT2D eigenvalue weighted by molar-refractivity contribution is 0.595. The highest BCUT2D eigenvalue weighted by Gasteiger charge is 2.18. The van der Waals surface area contributed by atoms with Gasteiger partial charge in [0.15, 0.2) is 5.65 Å². The number of benzene rings is 2. The Morgan fingerprint density at radius 3 is 2.30 bits per heavy atom. The van der Waals surface area contributed by atoms with Crippen LogP contribution in [0, 0.1) is 0 Å². The average Bonchev–Trinajstić information content (AvgIpc) is 3.26. The molecular formula is C24H20ClN5O2S. The van der Waals surface area contributed by atoms with E-state index in [0.29, 0.717) is 18.1 Å². The number of nitrogens with zero attached hydrogens (tertiary/aromatic N) is 4. The molecule has 5 rings (SSSR count). The van der Waals surface area contributed by atoms with Crippen molar-refractivity contribution in [1.29, 1.82) is 0 Å². The molecule has 3 aromatic heterocycles. The maximum Gasteiger partial charge on any atom is 0.243 e. The molecule has 0 spiro atoms. The van der Waals surface area contributed by atoms with Crippen molar-refractivity contribution in [3.8, 4) is 11.3 Å². The lowest BCUT2D eigenvalue weighted by Gasteiger charge is -2.04. The predicted molar refractivity (Wildman–Crippen MR) is 129 cm³/mol. The molecule has 0 aliphatic rings. The third-order valence-corrected chi connectivity index (χ3v) is 6.79. The Hall–Kier alpha value is -3.75. The van der Waals surface area contributed by atoms with Crippen LogP contribution in [0.15, 0.2) is 107 Å². The minimum Gasteiger partial charge on any atom is -0.349 e. The van der Waals surface area contributed by atoms with Crippen molar-refractivity contribution in [3.05, 3.63) is 103 Å². The Bertz CT molecular complexity index is 1470. The van der Waals surface area contributed by atoms with Crippen LogP contribution in [0.1, 0.15) is 5.56 Å². The molecule has 1 N–H and O–H groups in total. The second kappa shape index (κ2) is 9.40. The van der Waals surface area contributed by atoms with Crippen molar-refractivity contribution in [1.82, 2.24) is 19.6 Å². The fourth-order valence-electron chi connectivity index (χ4n) is 3.34. The molecule has 5 aromatic rings. The molecule has 0 fully saturated rings. The fourth-order valence-corrected chi connectivity index (χ4v) is 4.62. The highest BCUT2D eigenvalue weighted by atomic mass is 35.5. The largest absolute Gasteiger partial charge is 0.349 e. The van der Waals surface area contributed by atoms with Crippen molar-refractivity contribution in [3.63, 3.8) is 0 Å². The van der Waals surface area contributed by atoms with Crippen molar-refractivity contribution in [2.75, 3.05) is 5.32 Å². The summed E-state index contributed by atoms with van der Waals surface area (Å²) in [4.78, 5) is 9.19. The molecule has 0 amide bonds. The van der Waals surface area contributed by atoms with E-state index in [1.54, 1.807) is 48.7 Å². The number of fused-ring (bicyclic) bond motifs is 1. The van der Waals surface area contributed by atoms with Gasteiger partial charge in [-0.2, -0.15) is 4.98 Å². The number of aromatic nitrogens is 4. The van der Waals surface area contributed by atoms with Gasteiger partial charge in [-0.15, -0.1) is 17.5 Å². The minimum absolute atomic E-state index is 0. The van der Waals surface area contributed by atoms with E-state index >= 15 is 0 Å². The first-order valence-electron chi connectivity index (χ1n) is 10.0. The minimum atomic E-state index is -3.62. The Morgan fingerprint density at radius 1 is 0.818 bits per heavy atom. The van der Waals surface area contributed by atoms with Crippen LogP contribution in [-0.4, -0.2) is 28.0 Å². The van der Waals surface area contributed by atoms with E-state index in [4.69, 9.17) is 0 Å². The quantitative estimate of drug-likeness (QED) is 0.382. The maximum absolute atomic E-state index is 12.8. The normalized spacial score (nSPS) is 11.2. The zero-order chi connectivity index (χ0) is 22.0. The number of hydrogen-bond acceptors (Lipinski definition) is 6. The van der Waals surface area contributed by atoms with Crippen molar-refractivity contribution >= 4 is 33.8 Å². The Morgan fingerprint density at radius 2 is 1.58 bits per heavy atom. The number of halogens is 1. The summed E-state index contributed by atoms with van der Waals surface area (Å²) < 4.78 is 27.2. The summed E-state index contributed by atoms with van der Waals surface area (Å²) in [5, 5.41) is 7.57. The Kier molecular flexibility index (Phi) is 6.39. The summed E-state index contributed by atoms with van der Waals surface area (Å²) in [6.07, 6.45) is 3.26. The van der Waals surface area contributed by atoms with Gasteiger partial charge in [-0.05, 0) is 42.0 Å². The monoisotopic (exact) mass is 477 g/mol. The van der Waals surface area contributed by atoms with Gasteiger partial charge in [0.05, 0.1) is 21.7 Å². The fraction of sp³-hybridized carbons (Fsp3) is 0.0417. The van der Waals surface area contributed by atoms with E-state index in [-0.39, 0.29) is 22.2 Å². The van der Waals surface area contributed by atoms with Gasteiger partial charge in [-0.3, -0.25) is 4.98 Å². The summed E-state index contributed by atoms with van der Waals surface area (Å²) >= 11 is 0. The topological polar surface area (TPSA) is 89.2 Å². The van der Waals surface area contributed by atoms with Gasteiger partial charge in [-0.1, -0.05) is 48.5 Å². The van der Waals surface area contributed by atoms with Crippen LogP contribution in [0.3, 0.4) is 0 Å². The van der Waals surface area contributed by atoms with Crippen LogP contribution in [0.25, 0.3) is 16.9 Å². The molecule has 0 atom stereocenters. The van der Waals surface area contributed by atoms with Crippen molar-refractivity contribution in [2.24, 2.45) is 0 Å². The average molecular weight is 478 g/mol. The summed E-state index contributed by atoms with van der Waals surface area (Å²) in [5.74, 6) is 0.424. The first-order chi connectivity index (χ1) is 15.6. The Balaban J connectivity index is 0.00000259. The number of pyridine rings is 2. The zero-order valence-corrected chi connectivity index (χ0v) is 19.0. The summed E-state index contributed by atoms with van der Waals surface area (Å²) in [6.45, 7) is 0.536. The van der Waals surface area contributed by atoms with Gasteiger partial charge in [0.25, 0.3) is 0 Å². The van der Waals surface area contributed by atoms with E-state index in [9.17, 15) is 8.42 Å². The molecule has 2 aromatic carbocycles. The van der Waals surface area contributed by atoms with Crippen LogP contribution >= 0.6 is 12.4 Å². The van der Waals surface area contributed by atoms with Crippen LogP contribution in [-0.2, 0) is 16.4 Å². The molecule has 7 nitrogen and oxygen atoms in total. The van der Waals surface area contributed by atoms with E-state index < -0.39 is 9.84 Å². The number of sulfone groups is 1. The molecular weight excluding hydrogens is 458 g/mol. The molecule has 0 aliphatic heterocycles. The second-order valence-corrected chi connectivity index (χ2v) is 9.13. The van der Waals surface area contributed by atoms with Gasteiger partial charge < -0.3 is 5.32 Å². The van der Waals surface area contributed by atoms with Gasteiger partial charge in [0.1, 0.15) is 0 Å². The zero-order valence-electron chi connectivity index (χ0n) is 17.4. The first kappa shape index (κ1) is 22.4. The van der Waals surface area contributed by atoms with Crippen molar-refractivity contribution in [2.45, 2.75) is 16.3 Å². The molecule has 0 aliphatic carbocycles.